The van der Waals surface area contributed by atoms with Gasteiger partial charge in [0.15, 0.2) is 0 Å². The highest BCUT2D eigenvalue weighted by Crippen LogP contribution is 2.15. The molecule has 0 aliphatic rings. The fourth-order valence-corrected chi connectivity index (χ4v) is 2.38. The molecule has 0 aliphatic carbocycles. The number of unbranched alkanes of at least 4 members (excludes halogenated alkanes) is 10. The monoisotopic (exact) mass is 271 g/mol. The lowest BCUT2D eigenvalue weighted by molar-refractivity contribution is 0.0482. The largest absolute Gasteiger partial charge is 0.389 e. The Bertz CT molecular complexity index is 186. The van der Waals surface area contributed by atoms with Crippen LogP contribution in [0.15, 0.2) is 0 Å². The van der Waals surface area contributed by atoms with Crippen LogP contribution in [-0.4, -0.2) is 16.7 Å². The van der Waals surface area contributed by atoms with Gasteiger partial charge in [0.05, 0.1) is 5.60 Å². The van der Waals surface area contributed by atoms with Gasteiger partial charge in [0.25, 0.3) is 0 Å². The number of aliphatic hydroxyl groups is 1. The summed E-state index contributed by atoms with van der Waals surface area (Å²) in [5, 5.41) is 9.72. The van der Waals surface area contributed by atoms with Crippen LogP contribution in [-0.2, 0) is 0 Å². The second-order valence-electron chi connectivity index (χ2n) is 6.58. The molecule has 0 spiro atoms. The maximum Gasteiger partial charge on any atom is 0.0741 e. The number of rotatable bonds is 13. The summed E-state index contributed by atoms with van der Waals surface area (Å²) in [6.45, 7) is 5.87. The van der Waals surface area contributed by atoms with Crippen LogP contribution in [0, 0.1) is 0 Å². The molecule has 0 aromatic rings. The lowest BCUT2D eigenvalue weighted by Gasteiger charge is -2.25. The first-order valence-corrected chi connectivity index (χ1v) is 8.46. The van der Waals surface area contributed by atoms with E-state index in [1.54, 1.807) is 13.8 Å². The van der Waals surface area contributed by atoms with E-state index in [-0.39, 0.29) is 6.04 Å². The normalized spacial score (nSPS) is 13.7. The van der Waals surface area contributed by atoms with Crippen molar-refractivity contribution in [1.82, 2.24) is 0 Å². The van der Waals surface area contributed by atoms with Crippen LogP contribution in [0.25, 0.3) is 0 Å². The summed E-state index contributed by atoms with van der Waals surface area (Å²) < 4.78 is 0. The molecule has 1 unspecified atom stereocenters. The van der Waals surface area contributed by atoms with Crippen molar-refractivity contribution in [3.63, 3.8) is 0 Å². The average Bonchev–Trinajstić information content (AvgIpc) is 2.34. The van der Waals surface area contributed by atoms with Gasteiger partial charge in [-0.1, -0.05) is 77.6 Å². The highest BCUT2D eigenvalue weighted by atomic mass is 16.3. The molecule has 0 amide bonds. The van der Waals surface area contributed by atoms with Gasteiger partial charge in [-0.15, -0.1) is 0 Å². The smallest absolute Gasteiger partial charge is 0.0741 e. The zero-order valence-corrected chi connectivity index (χ0v) is 13.6. The Morgan fingerprint density at radius 1 is 0.789 bits per heavy atom. The van der Waals surface area contributed by atoms with Crippen molar-refractivity contribution >= 4 is 0 Å². The first-order valence-electron chi connectivity index (χ1n) is 8.46. The third-order valence-electron chi connectivity index (χ3n) is 4.03. The van der Waals surface area contributed by atoms with Gasteiger partial charge in [0.2, 0.25) is 0 Å². The van der Waals surface area contributed by atoms with E-state index in [0.717, 1.165) is 12.8 Å². The summed E-state index contributed by atoms with van der Waals surface area (Å²) in [6, 6.07) is -0.0777. The summed E-state index contributed by atoms with van der Waals surface area (Å²) in [7, 11) is 0. The van der Waals surface area contributed by atoms with Gasteiger partial charge in [0, 0.05) is 6.04 Å². The van der Waals surface area contributed by atoms with E-state index < -0.39 is 5.60 Å². The molecule has 0 aromatic carbocycles. The van der Waals surface area contributed by atoms with E-state index in [0.29, 0.717) is 0 Å². The van der Waals surface area contributed by atoms with Crippen LogP contribution >= 0.6 is 0 Å². The Labute approximate surface area is 121 Å². The fourth-order valence-electron chi connectivity index (χ4n) is 2.38. The van der Waals surface area contributed by atoms with E-state index in [1.165, 1.54) is 64.2 Å². The maximum absolute atomic E-state index is 9.72. The summed E-state index contributed by atoms with van der Waals surface area (Å²) in [4.78, 5) is 0. The van der Waals surface area contributed by atoms with Crippen LogP contribution in [0.3, 0.4) is 0 Å². The van der Waals surface area contributed by atoms with Gasteiger partial charge in [-0.3, -0.25) is 0 Å². The van der Waals surface area contributed by atoms with Crippen LogP contribution < -0.4 is 5.73 Å². The highest BCUT2D eigenvalue weighted by Gasteiger charge is 2.21. The maximum atomic E-state index is 9.72. The lowest BCUT2D eigenvalue weighted by Crippen LogP contribution is -2.42. The standard InChI is InChI=1S/C17H37NO/c1-4-5-6-7-8-9-10-11-12-13-14-15-16(18)17(2,3)19/h16,19H,4-15,18H2,1-3H3. The van der Waals surface area contributed by atoms with Crippen molar-refractivity contribution in [2.24, 2.45) is 5.73 Å². The number of hydrogen-bond acceptors (Lipinski definition) is 2. The molecule has 1 atom stereocenters. The number of hydrogen-bond donors (Lipinski definition) is 2. The Kier molecular flexibility index (Phi) is 11.7. The Hall–Kier alpha value is -0.0800. The van der Waals surface area contributed by atoms with Crippen molar-refractivity contribution in [2.45, 2.75) is 109 Å². The minimum absolute atomic E-state index is 0.0777. The molecule has 0 saturated carbocycles. The lowest BCUT2D eigenvalue weighted by atomic mass is 9.94. The van der Waals surface area contributed by atoms with Crippen molar-refractivity contribution in [2.75, 3.05) is 0 Å². The second-order valence-corrected chi connectivity index (χ2v) is 6.58. The van der Waals surface area contributed by atoms with Crippen LogP contribution in [0.4, 0.5) is 0 Å². The first-order chi connectivity index (χ1) is 8.98. The summed E-state index contributed by atoms with van der Waals surface area (Å²) in [5.41, 5.74) is 5.20. The topological polar surface area (TPSA) is 46.2 Å². The first kappa shape index (κ1) is 18.9. The van der Waals surface area contributed by atoms with Crippen LogP contribution in [0.1, 0.15) is 97.8 Å². The zero-order chi connectivity index (χ0) is 14.6. The predicted octanol–water partition coefficient (Wildman–Crippen LogP) is 4.79. The van der Waals surface area contributed by atoms with Gasteiger partial charge in [0.1, 0.15) is 0 Å². The van der Waals surface area contributed by atoms with Crippen molar-refractivity contribution in [1.29, 1.82) is 0 Å². The molecule has 0 radical (unpaired) electrons. The second kappa shape index (κ2) is 11.7. The molecule has 0 aliphatic heterocycles. The quantitative estimate of drug-likeness (QED) is 0.473. The van der Waals surface area contributed by atoms with Crippen molar-refractivity contribution in [3.8, 4) is 0 Å². The molecule has 3 N–H and O–H groups in total. The Morgan fingerprint density at radius 3 is 1.53 bits per heavy atom. The van der Waals surface area contributed by atoms with Gasteiger partial charge < -0.3 is 10.8 Å². The van der Waals surface area contributed by atoms with Gasteiger partial charge in [-0.25, -0.2) is 0 Å². The zero-order valence-electron chi connectivity index (χ0n) is 13.6. The molecule has 2 heteroatoms. The molecular formula is C17H37NO. The predicted molar refractivity (Wildman–Crippen MR) is 85.4 cm³/mol. The van der Waals surface area contributed by atoms with E-state index >= 15 is 0 Å². The summed E-state index contributed by atoms with van der Waals surface area (Å²) in [5.74, 6) is 0. The van der Waals surface area contributed by atoms with E-state index in [9.17, 15) is 5.11 Å². The molecular weight excluding hydrogens is 234 g/mol. The molecule has 0 aromatic heterocycles. The van der Waals surface area contributed by atoms with Gasteiger partial charge >= 0.3 is 0 Å². The Balaban J connectivity index is 3.15. The molecule has 0 saturated heterocycles. The minimum Gasteiger partial charge on any atom is -0.389 e. The van der Waals surface area contributed by atoms with Gasteiger partial charge in [-0.2, -0.15) is 0 Å². The van der Waals surface area contributed by atoms with E-state index in [2.05, 4.69) is 6.92 Å². The summed E-state index contributed by atoms with van der Waals surface area (Å²) >= 11 is 0. The summed E-state index contributed by atoms with van der Waals surface area (Å²) in [6.07, 6.45) is 15.9. The van der Waals surface area contributed by atoms with Gasteiger partial charge in [-0.05, 0) is 20.3 Å². The van der Waals surface area contributed by atoms with Crippen molar-refractivity contribution < 1.29 is 5.11 Å². The minimum atomic E-state index is -0.724. The fraction of sp³-hybridized carbons (Fsp3) is 1.00. The average molecular weight is 271 g/mol. The van der Waals surface area contributed by atoms with Crippen LogP contribution in [0.5, 0.6) is 0 Å². The SMILES string of the molecule is CCCCCCCCCCCCCC(N)C(C)(C)O. The molecule has 0 heterocycles. The molecule has 19 heavy (non-hydrogen) atoms. The van der Waals surface area contributed by atoms with E-state index in [1.807, 2.05) is 0 Å². The molecule has 0 bridgehead atoms. The molecule has 0 fully saturated rings. The molecule has 0 rings (SSSR count). The van der Waals surface area contributed by atoms with E-state index in [4.69, 9.17) is 5.73 Å². The highest BCUT2D eigenvalue weighted by molar-refractivity contribution is 4.79. The van der Waals surface area contributed by atoms with Crippen LogP contribution in [0.2, 0.25) is 0 Å². The Morgan fingerprint density at radius 2 is 1.16 bits per heavy atom. The van der Waals surface area contributed by atoms with Crippen molar-refractivity contribution in [3.05, 3.63) is 0 Å². The third kappa shape index (κ3) is 12.7. The number of nitrogens with two attached hydrogens (primary N) is 1. The molecule has 116 valence electrons. The third-order valence-corrected chi connectivity index (χ3v) is 4.03. The molecule has 2 nitrogen and oxygen atoms in total.